The lowest BCUT2D eigenvalue weighted by molar-refractivity contribution is -0.138. The molecule has 2 aromatic heterocycles. The highest BCUT2D eigenvalue weighted by Crippen LogP contribution is 2.26. The van der Waals surface area contributed by atoms with Gasteiger partial charge >= 0.3 is 0 Å². The molecule has 9 nitrogen and oxygen atoms in total. The van der Waals surface area contributed by atoms with Crippen LogP contribution in [0.1, 0.15) is 12.6 Å². The number of ether oxygens (including phenoxy) is 2. The van der Waals surface area contributed by atoms with Gasteiger partial charge in [0.25, 0.3) is 5.91 Å². The maximum Gasteiger partial charge on any atom is 0.251 e. The lowest BCUT2D eigenvalue weighted by atomic mass is 10.1. The van der Waals surface area contributed by atoms with E-state index in [0.717, 1.165) is 24.3 Å². The fourth-order valence-corrected chi connectivity index (χ4v) is 3.97. The maximum absolute atomic E-state index is 12.8. The van der Waals surface area contributed by atoms with Gasteiger partial charge in [0.05, 0.1) is 42.8 Å². The molecule has 2 aliphatic heterocycles. The molecule has 4 heterocycles. The second kappa shape index (κ2) is 8.37. The average Bonchev–Trinajstić information content (AvgIpc) is 3.21. The van der Waals surface area contributed by atoms with Crippen molar-refractivity contribution in [2.75, 3.05) is 51.3 Å². The van der Waals surface area contributed by atoms with Crippen LogP contribution in [0.15, 0.2) is 24.4 Å². The normalized spacial score (nSPS) is 25.7. The largest absolute Gasteiger partial charge is 0.374 e. The first-order valence-electron chi connectivity index (χ1n) is 9.90. The second-order valence-corrected chi connectivity index (χ2v) is 7.68. The summed E-state index contributed by atoms with van der Waals surface area (Å²) < 4.78 is 13.3. The fraction of sp³-hybridized carbons (Fsp3) is 0.550. The number of fused-ring (bicyclic) bond motifs is 1. The number of nitrogens with one attached hydrogen (secondary N) is 1. The molecule has 1 unspecified atom stereocenters. The molecule has 0 bridgehead atoms. The van der Waals surface area contributed by atoms with Gasteiger partial charge in [-0.1, -0.05) is 0 Å². The second-order valence-electron chi connectivity index (χ2n) is 7.68. The van der Waals surface area contributed by atoms with Crippen LogP contribution in [-0.4, -0.2) is 85.1 Å². The Morgan fingerprint density at radius 3 is 3.00 bits per heavy atom. The highest BCUT2D eigenvalue weighted by Gasteiger charge is 2.32. The third-order valence-electron chi connectivity index (χ3n) is 5.39. The molecule has 0 saturated carbocycles. The number of likely N-dealkylation sites (N-methyl/N-ethyl adjacent to an activating group) is 1. The van der Waals surface area contributed by atoms with Crippen molar-refractivity contribution < 1.29 is 14.3 Å². The van der Waals surface area contributed by atoms with E-state index in [4.69, 9.17) is 9.47 Å². The Morgan fingerprint density at radius 2 is 2.21 bits per heavy atom. The van der Waals surface area contributed by atoms with Crippen molar-refractivity contribution in [3.63, 3.8) is 0 Å². The Bertz CT molecular complexity index is 923. The number of amides is 1. The molecule has 1 N–H and O–H groups in total. The zero-order valence-corrected chi connectivity index (χ0v) is 16.7. The number of rotatable bonds is 4. The summed E-state index contributed by atoms with van der Waals surface area (Å²) in [6, 6.07) is 7.69. The molecule has 9 heteroatoms. The van der Waals surface area contributed by atoms with E-state index in [-0.39, 0.29) is 18.1 Å². The van der Waals surface area contributed by atoms with Crippen molar-refractivity contribution >= 4 is 17.1 Å². The molecule has 2 fully saturated rings. The van der Waals surface area contributed by atoms with Crippen LogP contribution in [0.5, 0.6) is 0 Å². The summed E-state index contributed by atoms with van der Waals surface area (Å²) in [5, 5.41) is 16.5. The molecule has 0 spiro atoms. The number of morpholine rings is 2. The van der Waals surface area contributed by atoms with Crippen LogP contribution in [-0.2, 0) is 14.3 Å². The van der Waals surface area contributed by atoms with E-state index in [0.29, 0.717) is 31.9 Å². The molecule has 29 heavy (non-hydrogen) atoms. The molecule has 154 valence electrons. The minimum atomic E-state index is -0.571. The van der Waals surface area contributed by atoms with E-state index in [1.807, 2.05) is 19.1 Å². The SMILES string of the molecule is C[C@@H]1CN(c2ccc(C#N)n3nccc23)C[C@H](C(=O)NCC2CN(C)CCO2)O1. The van der Waals surface area contributed by atoms with E-state index in [1.165, 1.54) is 0 Å². The molecule has 1 amide bonds. The van der Waals surface area contributed by atoms with Crippen molar-refractivity contribution in [2.45, 2.75) is 25.2 Å². The van der Waals surface area contributed by atoms with Gasteiger partial charge in [0.1, 0.15) is 11.8 Å². The molecule has 0 aromatic carbocycles. The zero-order valence-electron chi connectivity index (χ0n) is 16.7. The Balaban J connectivity index is 1.45. The number of hydrogen-bond donors (Lipinski definition) is 1. The van der Waals surface area contributed by atoms with Crippen LogP contribution in [0.4, 0.5) is 5.69 Å². The van der Waals surface area contributed by atoms with Crippen molar-refractivity contribution in [2.24, 2.45) is 0 Å². The van der Waals surface area contributed by atoms with E-state index >= 15 is 0 Å². The number of anilines is 1. The molecule has 0 radical (unpaired) electrons. The van der Waals surface area contributed by atoms with E-state index in [9.17, 15) is 10.1 Å². The van der Waals surface area contributed by atoms with Gasteiger partial charge in [-0.3, -0.25) is 4.79 Å². The molecule has 3 atom stereocenters. The molecule has 0 aliphatic carbocycles. The number of nitrogens with zero attached hydrogens (tertiary/aromatic N) is 5. The molecular formula is C20H26N6O3. The number of hydrogen-bond acceptors (Lipinski definition) is 7. The van der Waals surface area contributed by atoms with Gasteiger partial charge < -0.3 is 24.6 Å². The van der Waals surface area contributed by atoms with Crippen molar-refractivity contribution in [3.8, 4) is 6.07 Å². The number of carbonyl (C=O) groups is 1. The van der Waals surface area contributed by atoms with Crippen molar-refractivity contribution in [1.29, 1.82) is 5.26 Å². The van der Waals surface area contributed by atoms with E-state index in [2.05, 4.69) is 33.3 Å². The summed E-state index contributed by atoms with van der Waals surface area (Å²) in [6.45, 7) is 5.93. The smallest absolute Gasteiger partial charge is 0.251 e. The van der Waals surface area contributed by atoms with Crippen LogP contribution >= 0.6 is 0 Å². The Labute approximate surface area is 169 Å². The summed E-state index contributed by atoms with van der Waals surface area (Å²) in [5.74, 6) is -0.128. The van der Waals surface area contributed by atoms with Gasteiger partial charge in [0.2, 0.25) is 0 Å². The van der Waals surface area contributed by atoms with Crippen LogP contribution in [0.3, 0.4) is 0 Å². The minimum Gasteiger partial charge on any atom is -0.374 e. The Hall–Kier alpha value is -2.67. The predicted octanol–water partition coefficient (Wildman–Crippen LogP) is 0.246. The van der Waals surface area contributed by atoms with Crippen LogP contribution in [0.2, 0.25) is 0 Å². The van der Waals surface area contributed by atoms with Crippen molar-refractivity contribution in [3.05, 3.63) is 30.1 Å². The van der Waals surface area contributed by atoms with Gasteiger partial charge in [0.15, 0.2) is 6.10 Å². The fourth-order valence-electron chi connectivity index (χ4n) is 3.97. The standard InChI is InChI=1S/C20H26N6O3/c1-14-11-25(17-4-3-15(9-21)26-18(17)5-6-23-26)13-19(29-14)20(27)22-10-16-12-24(2)7-8-28-16/h3-6,14,16,19H,7-8,10-13H2,1-2H3,(H,22,27)/t14-,16?,19-/m1/s1. The van der Waals surface area contributed by atoms with Gasteiger partial charge in [-0.05, 0) is 32.2 Å². The molecule has 2 saturated heterocycles. The van der Waals surface area contributed by atoms with E-state index in [1.54, 1.807) is 16.8 Å². The van der Waals surface area contributed by atoms with E-state index < -0.39 is 6.10 Å². The van der Waals surface area contributed by atoms with Crippen LogP contribution in [0, 0.1) is 11.3 Å². The Morgan fingerprint density at radius 1 is 1.34 bits per heavy atom. The lowest BCUT2D eigenvalue weighted by Crippen LogP contribution is -2.54. The summed E-state index contributed by atoms with van der Waals surface area (Å²) in [7, 11) is 2.05. The third kappa shape index (κ3) is 4.19. The first-order valence-corrected chi connectivity index (χ1v) is 9.90. The molecule has 2 aliphatic rings. The predicted molar refractivity (Wildman–Crippen MR) is 107 cm³/mol. The number of carbonyl (C=O) groups excluding carboxylic acids is 1. The minimum absolute atomic E-state index is 0.000221. The number of aromatic nitrogens is 2. The number of nitriles is 1. The van der Waals surface area contributed by atoms with Gasteiger partial charge in [-0.25, -0.2) is 4.52 Å². The summed E-state index contributed by atoms with van der Waals surface area (Å²) >= 11 is 0. The summed E-state index contributed by atoms with van der Waals surface area (Å²) in [4.78, 5) is 17.1. The van der Waals surface area contributed by atoms with Gasteiger partial charge in [-0.15, -0.1) is 0 Å². The molecular weight excluding hydrogens is 372 g/mol. The Kier molecular flexibility index (Phi) is 5.67. The first-order chi connectivity index (χ1) is 14.0. The molecule has 4 rings (SSSR count). The molecule has 2 aromatic rings. The van der Waals surface area contributed by atoms with Gasteiger partial charge in [0, 0.05) is 26.2 Å². The van der Waals surface area contributed by atoms with Crippen molar-refractivity contribution in [1.82, 2.24) is 19.8 Å². The monoisotopic (exact) mass is 398 g/mol. The van der Waals surface area contributed by atoms with Crippen LogP contribution in [0.25, 0.3) is 5.52 Å². The summed E-state index contributed by atoms with van der Waals surface area (Å²) in [6.07, 6.45) is 1.00. The highest BCUT2D eigenvalue weighted by molar-refractivity contribution is 5.82. The lowest BCUT2D eigenvalue weighted by Gasteiger charge is -2.38. The third-order valence-corrected chi connectivity index (χ3v) is 5.39. The average molecular weight is 398 g/mol. The maximum atomic E-state index is 12.8. The summed E-state index contributed by atoms with van der Waals surface area (Å²) in [5.41, 5.74) is 2.25. The number of pyridine rings is 1. The topological polar surface area (TPSA) is 95.1 Å². The van der Waals surface area contributed by atoms with Crippen LogP contribution < -0.4 is 10.2 Å². The first kappa shape index (κ1) is 19.6. The van der Waals surface area contributed by atoms with Gasteiger partial charge in [-0.2, -0.15) is 10.4 Å². The highest BCUT2D eigenvalue weighted by atomic mass is 16.5. The zero-order chi connectivity index (χ0) is 20.4. The quantitative estimate of drug-likeness (QED) is 0.789.